The summed E-state index contributed by atoms with van der Waals surface area (Å²) in [5.41, 5.74) is 0.687. The van der Waals surface area contributed by atoms with Gasteiger partial charge in [0.25, 0.3) is 0 Å². The molecule has 0 atom stereocenters. The SMILES string of the molecule is Cc1ccc(NC(=O)C(C)(C)C)cc1S(=O)(=O)N1CCCCC1. The Labute approximate surface area is 139 Å². The van der Waals surface area contributed by atoms with Crippen molar-refractivity contribution in [2.24, 2.45) is 5.41 Å². The molecule has 0 aromatic heterocycles. The van der Waals surface area contributed by atoms with Crippen LogP contribution >= 0.6 is 0 Å². The molecule has 2 rings (SSSR count). The van der Waals surface area contributed by atoms with E-state index < -0.39 is 15.4 Å². The molecule has 1 fully saturated rings. The molecule has 1 N–H and O–H groups in total. The monoisotopic (exact) mass is 338 g/mol. The van der Waals surface area contributed by atoms with Gasteiger partial charge in [0.15, 0.2) is 0 Å². The van der Waals surface area contributed by atoms with Crippen molar-refractivity contribution >= 4 is 21.6 Å². The molecule has 128 valence electrons. The summed E-state index contributed by atoms with van der Waals surface area (Å²) in [5.74, 6) is -0.136. The molecule has 0 aliphatic carbocycles. The van der Waals surface area contributed by atoms with Crippen molar-refractivity contribution in [2.45, 2.75) is 51.9 Å². The summed E-state index contributed by atoms with van der Waals surface area (Å²) in [7, 11) is -3.50. The van der Waals surface area contributed by atoms with Gasteiger partial charge in [0.2, 0.25) is 15.9 Å². The highest BCUT2D eigenvalue weighted by Gasteiger charge is 2.28. The minimum atomic E-state index is -3.50. The maximum atomic E-state index is 12.9. The normalized spacial score (nSPS) is 17.0. The standard InChI is InChI=1S/C17H26N2O3S/c1-13-8-9-14(18-16(20)17(2,3)4)12-15(13)23(21,22)19-10-6-5-7-11-19/h8-9,12H,5-7,10-11H2,1-4H3,(H,18,20). The number of aryl methyl sites for hydroxylation is 1. The number of carbonyl (C=O) groups excluding carboxylic acids is 1. The zero-order valence-electron chi connectivity index (χ0n) is 14.3. The lowest BCUT2D eigenvalue weighted by atomic mass is 9.95. The lowest BCUT2D eigenvalue weighted by Crippen LogP contribution is -2.36. The Morgan fingerprint density at radius 3 is 2.30 bits per heavy atom. The lowest BCUT2D eigenvalue weighted by Gasteiger charge is -2.27. The number of benzene rings is 1. The number of sulfonamides is 1. The largest absolute Gasteiger partial charge is 0.326 e. The van der Waals surface area contributed by atoms with Crippen LogP contribution in [0.1, 0.15) is 45.6 Å². The molecule has 1 amide bonds. The third kappa shape index (κ3) is 4.12. The second-order valence-electron chi connectivity index (χ2n) is 7.15. The predicted octanol–water partition coefficient (Wildman–Crippen LogP) is 3.15. The van der Waals surface area contributed by atoms with Crippen LogP contribution in [0.2, 0.25) is 0 Å². The van der Waals surface area contributed by atoms with Gasteiger partial charge in [-0.15, -0.1) is 0 Å². The van der Waals surface area contributed by atoms with Crippen LogP contribution in [0.15, 0.2) is 23.1 Å². The second-order valence-corrected chi connectivity index (χ2v) is 9.06. The highest BCUT2D eigenvalue weighted by molar-refractivity contribution is 7.89. The zero-order chi connectivity index (χ0) is 17.3. The summed E-state index contributed by atoms with van der Waals surface area (Å²) in [6.45, 7) is 8.39. The molecule has 23 heavy (non-hydrogen) atoms. The van der Waals surface area contributed by atoms with E-state index in [1.807, 2.05) is 20.8 Å². The smallest absolute Gasteiger partial charge is 0.243 e. The van der Waals surface area contributed by atoms with Gasteiger partial charge in [-0.05, 0) is 37.5 Å². The highest BCUT2D eigenvalue weighted by atomic mass is 32.2. The number of carbonyl (C=O) groups is 1. The van der Waals surface area contributed by atoms with Gasteiger partial charge in [-0.1, -0.05) is 33.3 Å². The van der Waals surface area contributed by atoms with E-state index in [4.69, 9.17) is 0 Å². The average molecular weight is 338 g/mol. The molecule has 0 spiro atoms. The van der Waals surface area contributed by atoms with Gasteiger partial charge in [0.1, 0.15) is 0 Å². The molecule has 6 heteroatoms. The highest BCUT2D eigenvalue weighted by Crippen LogP contribution is 2.27. The maximum absolute atomic E-state index is 12.9. The third-order valence-corrected chi connectivity index (χ3v) is 6.10. The molecule has 0 unspecified atom stereocenters. The van der Waals surface area contributed by atoms with Gasteiger partial charge in [-0.3, -0.25) is 4.79 Å². The number of nitrogens with zero attached hydrogens (tertiary/aromatic N) is 1. The Hall–Kier alpha value is -1.40. The summed E-state index contributed by atoms with van der Waals surface area (Å²) in [5, 5.41) is 2.80. The lowest BCUT2D eigenvalue weighted by molar-refractivity contribution is -0.123. The molecule has 1 aromatic rings. The summed E-state index contributed by atoms with van der Waals surface area (Å²) in [4.78, 5) is 12.4. The van der Waals surface area contributed by atoms with Gasteiger partial charge >= 0.3 is 0 Å². The van der Waals surface area contributed by atoms with Crippen LogP contribution in [-0.4, -0.2) is 31.7 Å². The Morgan fingerprint density at radius 2 is 1.74 bits per heavy atom. The minimum absolute atomic E-state index is 0.136. The molecule has 1 heterocycles. The fourth-order valence-electron chi connectivity index (χ4n) is 2.52. The molecule has 5 nitrogen and oxygen atoms in total. The van der Waals surface area contributed by atoms with E-state index in [0.29, 0.717) is 24.3 Å². The van der Waals surface area contributed by atoms with Gasteiger partial charge in [-0.25, -0.2) is 8.42 Å². The summed E-state index contributed by atoms with van der Waals surface area (Å²) >= 11 is 0. The van der Waals surface area contributed by atoms with Gasteiger partial charge in [0, 0.05) is 24.2 Å². The van der Waals surface area contributed by atoms with Gasteiger partial charge < -0.3 is 5.32 Å². The zero-order valence-corrected chi connectivity index (χ0v) is 15.2. The van der Waals surface area contributed by atoms with Crippen LogP contribution in [0.25, 0.3) is 0 Å². The van der Waals surface area contributed by atoms with Crippen molar-refractivity contribution in [2.75, 3.05) is 18.4 Å². The van der Waals surface area contributed by atoms with Crippen LogP contribution < -0.4 is 5.32 Å². The topological polar surface area (TPSA) is 66.5 Å². The van der Waals surface area contributed by atoms with E-state index in [1.165, 1.54) is 0 Å². The molecule has 0 radical (unpaired) electrons. The Kier molecular flexibility index (Phi) is 5.16. The number of anilines is 1. The van der Waals surface area contributed by atoms with E-state index in [1.54, 1.807) is 29.4 Å². The first-order chi connectivity index (χ1) is 10.6. The first-order valence-corrected chi connectivity index (χ1v) is 9.48. The quantitative estimate of drug-likeness (QED) is 0.920. The van der Waals surface area contributed by atoms with Crippen LogP contribution in [0, 0.1) is 12.3 Å². The van der Waals surface area contributed by atoms with Crippen molar-refractivity contribution in [3.63, 3.8) is 0 Å². The maximum Gasteiger partial charge on any atom is 0.243 e. The van der Waals surface area contributed by atoms with Crippen LogP contribution in [0.5, 0.6) is 0 Å². The fraction of sp³-hybridized carbons (Fsp3) is 0.588. The Bertz CT molecular complexity index is 684. The van der Waals surface area contributed by atoms with Crippen molar-refractivity contribution in [1.29, 1.82) is 0 Å². The van der Waals surface area contributed by atoms with Crippen LogP contribution in [0.4, 0.5) is 5.69 Å². The summed E-state index contributed by atoms with van der Waals surface area (Å²) in [6, 6.07) is 5.06. The van der Waals surface area contributed by atoms with Crippen molar-refractivity contribution in [3.8, 4) is 0 Å². The molecule has 1 aromatic carbocycles. The van der Waals surface area contributed by atoms with Crippen LogP contribution in [0.3, 0.4) is 0 Å². The average Bonchev–Trinajstić information content (AvgIpc) is 2.49. The van der Waals surface area contributed by atoms with Crippen molar-refractivity contribution < 1.29 is 13.2 Å². The number of piperidine rings is 1. The third-order valence-electron chi connectivity index (χ3n) is 4.06. The molecular formula is C17H26N2O3S. The number of hydrogen-bond acceptors (Lipinski definition) is 3. The van der Waals surface area contributed by atoms with Gasteiger partial charge in [-0.2, -0.15) is 4.31 Å². The van der Waals surface area contributed by atoms with E-state index in [9.17, 15) is 13.2 Å². The van der Waals surface area contributed by atoms with E-state index in [0.717, 1.165) is 19.3 Å². The second kappa shape index (κ2) is 6.61. The first kappa shape index (κ1) is 17.9. The van der Waals surface area contributed by atoms with Gasteiger partial charge in [0.05, 0.1) is 4.90 Å². The number of amides is 1. The molecule has 0 saturated carbocycles. The number of hydrogen-bond donors (Lipinski definition) is 1. The Balaban J connectivity index is 2.32. The number of rotatable bonds is 3. The molecule has 1 aliphatic rings. The first-order valence-electron chi connectivity index (χ1n) is 8.04. The predicted molar refractivity (Wildman–Crippen MR) is 91.9 cm³/mol. The number of nitrogens with one attached hydrogen (secondary N) is 1. The van der Waals surface area contributed by atoms with E-state index in [-0.39, 0.29) is 10.8 Å². The molecule has 1 saturated heterocycles. The van der Waals surface area contributed by atoms with Crippen LogP contribution in [-0.2, 0) is 14.8 Å². The van der Waals surface area contributed by atoms with Crippen molar-refractivity contribution in [1.82, 2.24) is 4.31 Å². The van der Waals surface area contributed by atoms with E-state index >= 15 is 0 Å². The molecule has 0 bridgehead atoms. The summed E-state index contributed by atoms with van der Waals surface area (Å²) in [6.07, 6.45) is 2.88. The summed E-state index contributed by atoms with van der Waals surface area (Å²) < 4.78 is 27.3. The minimum Gasteiger partial charge on any atom is -0.326 e. The van der Waals surface area contributed by atoms with Crippen molar-refractivity contribution in [3.05, 3.63) is 23.8 Å². The molecule has 1 aliphatic heterocycles. The fourth-order valence-corrected chi connectivity index (χ4v) is 4.29. The molecular weight excluding hydrogens is 312 g/mol. The Morgan fingerprint density at radius 1 is 1.13 bits per heavy atom. The van der Waals surface area contributed by atoms with E-state index in [2.05, 4.69) is 5.32 Å².